The molecule has 1 fully saturated rings. The van der Waals surface area contributed by atoms with Gasteiger partial charge in [-0.05, 0) is 47.0 Å². The van der Waals surface area contributed by atoms with Gasteiger partial charge in [0.1, 0.15) is 0 Å². The van der Waals surface area contributed by atoms with Crippen molar-refractivity contribution in [3.63, 3.8) is 0 Å². The van der Waals surface area contributed by atoms with Crippen LogP contribution in [0.2, 0.25) is 5.02 Å². The number of carbonyl (C=O) groups is 1. The van der Waals surface area contributed by atoms with Crippen molar-refractivity contribution in [3.05, 3.63) is 33.3 Å². The number of amides is 1. The van der Waals surface area contributed by atoms with Crippen molar-refractivity contribution in [2.45, 2.75) is 37.8 Å². The quantitative estimate of drug-likeness (QED) is 0.875. The van der Waals surface area contributed by atoms with Crippen molar-refractivity contribution in [3.8, 4) is 0 Å². The van der Waals surface area contributed by atoms with E-state index in [0.29, 0.717) is 10.6 Å². The van der Waals surface area contributed by atoms with Gasteiger partial charge in [0.05, 0.1) is 5.56 Å². The molecule has 2 atom stereocenters. The van der Waals surface area contributed by atoms with E-state index >= 15 is 0 Å². The maximum Gasteiger partial charge on any atom is 0.252 e. The van der Waals surface area contributed by atoms with Gasteiger partial charge in [0.2, 0.25) is 0 Å². The summed E-state index contributed by atoms with van der Waals surface area (Å²) in [5, 5.41) is 3.55. The SMILES string of the molecule is NC1CCCCC1NC(=O)c1cc(Cl)ccc1Br. The molecule has 0 aliphatic heterocycles. The molecule has 5 heteroatoms. The second kappa shape index (κ2) is 6.04. The lowest BCUT2D eigenvalue weighted by Crippen LogP contribution is -2.49. The van der Waals surface area contributed by atoms with Gasteiger partial charge in [-0.15, -0.1) is 0 Å². The van der Waals surface area contributed by atoms with E-state index in [0.717, 1.165) is 30.2 Å². The topological polar surface area (TPSA) is 55.1 Å². The van der Waals surface area contributed by atoms with Crippen molar-refractivity contribution in [2.24, 2.45) is 5.73 Å². The van der Waals surface area contributed by atoms with Gasteiger partial charge in [-0.25, -0.2) is 0 Å². The zero-order valence-electron chi connectivity index (χ0n) is 9.96. The summed E-state index contributed by atoms with van der Waals surface area (Å²) < 4.78 is 0.744. The second-order valence-corrected chi connectivity index (χ2v) is 5.94. The molecule has 2 unspecified atom stereocenters. The van der Waals surface area contributed by atoms with Gasteiger partial charge >= 0.3 is 0 Å². The number of hydrogen-bond donors (Lipinski definition) is 2. The lowest BCUT2D eigenvalue weighted by molar-refractivity contribution is 0.0920. The van der Waals surface area contributed by atoms with Crippen molar-refractivity contribution in [1.29, 1.82) is 0 Å². The number of halogens is 2. The lowest BCUT2D eigenvalue weighted by atomic mass is 9.91. The summed E-state index contributed by atoms with van der Waals surface area (Å²) in [5.74, 6) is -0.119. The normalized spacial score (nSPS) is 23.7. The van der Waals surface area contributed by atoms with Crippen LogP contribution in [0.25, 0.3) is 0 Å². The van der Waals surface area contributed by atoms with Gasteiger partial charge in [0.25, 0.3) is 5.91 Å². The zero-order chi connectivity index (χ0) is 13.1. The standard InChI is InChI=1S/C13H16BrClN2O/c14-10-6-5-8(15)7-9(10)13(18)17-12-4-2-1-3-11(12)16/h5-7,11-12H,1-4,16H2,(H,17,18). The van der Waals surface area contributed by atoms with Crippen molar-refractivity contribution in [2.75, 3.05) is 0 Å². The molecule has 0 radical (unpaired) electrons. The number of benzene rings is 1. The fraction of sp³-hybridized carbons (Fsp3) is 0.462. The molecule has 1 aliphatic carbocycles. The van der Waals surface area contributed by atoms with E-state index in [1.165, 1.54) is 0 Å². The van der Waals surface area contributed by atoms with E-state index in [1.807, 2.05) is 0 Å². The van der Waals surface area contributed by atoms with Crippen LogP contribution in [0.4, 0.5) is 0 Å². The largest absolute Gasteiger partial charge is 0.348 e. The van der Waals surface area contributed by atoms with Crippen LogP contribution in [0.5, 0.6) is 0 Å². The molecule has 1 aliphatic rings. The van der Waals surface area contributed by atoms with E-state index in [1.54, 1.807) is 18.2 Å². The van der Waals surface area contributed by atoms with Crippen LogP contribution < -0.4 is 11.1 Å². The predicted molar refractivity (Wildman–Crippen MR) is 76.8 cm³/mol. The lowest BCUT2D eigenvalue weighted by Gasteiger charge is -2.29. The first-order chi connectivity index (χ1) is 8.58. The maximum atomic E-state index is 12.2. The Bertz CT molecular complexity index is 453. The molecule has 1 aromatic carbocycles. The van der Waals surface area contributed by atoms with Crippen LogP contribution >= 0.6 is 27.5 Å². The molecule has 1 saturated carbocycles. The Kier molecular flexibility index (Phi) is 4.65. The van der Waals surface area contributed by atoms with E-state index in [9.17, 15) is 4.79 Å². The molecule has 0 spiro atoms. The van der Waals surface area contributed by atoms with Crippen LogP contribution in [0.15, 0.2) is 22.7 Å². The Hall–Kier alpha value is -0.580. The minimum Gasteiger partial charge on any atom is -0.348 e. The van der Waals surface area contributed by atoms with Crippen molar-refractivity contribution in [1.82, 2.24) is 5.32 Å². The molecule has 0 saturated heterocycles. The number of carbonyl (C=O) groups excluding carboxylic acids is 1. The molecule has 3 nitrogen and oxygen atoms in total. The molecule has 3 N–H and O–H groups in total. The number of rotatable bonds is 2. The summed E-state index contributed by atoms with van der Waals surface area (Å²) >= 11 is 9.27. The smallest absolute Gasteiger partial charge is 0.252 e. The van der Waals surface area contributed by atoms with Gasteiger partial charge in [0, 0.05) is 21.6 Å². The third-order valence-corrected chi connectivity index (χ3v) is 4.24. The van der Waals surface area contributed by atoms with Gasteiger partial charge in [-0.2, -0.15) is 0 Å². The van der Waals surface area contributed by atoms with E-state index in [-0.39, 0.29) is 18.0 Å². The summed E-state index contributed by atoms with van der Waals surface area (Å²) in [7, 11) is 0. The Labute approximate surface area is 120 Å². The number of nitrogens with one attached hydrogen (secondary N) is 1. The van der Waals surface area contributed by atoms with Crippen LogP contribution in [0, 0.1) is 0 Å². The fourth-order valence-electron chi connectivity index (χ4n) is 2.26. The van der Waals surface area contributed by atoms with Crippen LogP contribution in [-0.4, -0.2) is 18.0 Å². The molecule has 0 heterocycles. The molecular weight excluding hydrogens is 316 g/mol. The molecule has 1 amide bonds. The highest BCUT2D eigenvalue weighted by atomic mass is 79.9. The molecule has 0 aromatic heterocycles. The molecule has 98 valence electrons. The minimum atomic E-state index is -0.119. The van der Waals surface area contributed by atoms with E-state index in [2.05, 4.69) is 21.2 Å². The third kappa shape index (κ3) is 3.25. The Balaban J connectivity index is 2.09. The molecule has 2 rings (SSSR count). The summed E-state index contributed by atoms with van der Waals surface area (Å²) in [5.41, 5.74) is 6.58. The second-order valence-electron chi connectivity index (χ2n) is 4.65. The monoisotopic (exact) mass is 330 g/mol. The average Bonchev–Trinajstić information content (AvgIpc) is 2.35. The summed E-state index contributed by atoms with van der Waals surface area (Å²) in [6.45, 7) is 0. The highest BCUT2D eigenvalue weighted by molar-refractivity contribution is 9.10. The van der Waals surface area contributed by atoms with Crippen molar-refractivity contribution < 1.29 is 4.79 Å². The third-order valence-electron chi connectivity index (χ3n) is 3.31. The first kappa shape index (κ1) is 13.8. The van der Waals surface area contributed by atoms with Gasteiger partial charge in [-0.1, -0.05) is 24.4 Å². The average molecular weight is 332 g/mol. The summed E-state index contributed by atoms with van der Waals surface area (Å²) in [4.78, 5) is 12.2. The Morgan fingerprint density at radius 2 is 2.11 bits per heavy atom. The molecular formula is C13H16BrClN2O. The summed E-state index contributed by atoms with van der Waals surface area (Å²) in [6, 6.07) is 5.31. The van der Waals surface area contributed by atoms with E-state index in [4.69, 9.17) is 17.3 Å². The minimum absolute atomic E-state index is 0.0562. The first-order valence-corrected chi connectivity index (χ1v) is 7.26. The first-order valence-electron chi connectivity index (χ1n) is 6.09. The van der Waals surface area contributed by atoms with Gasteiger partial charge < -0.3 is 11.1 Å². The Morgan fingerprint density at radius 1 is 1.39 bits per heavy atom. The molecule has 1 aromatic rings. The molecule has 18 heavy (non-hydrogen) atoms. The zero-order valence-corrected chi connectivity index (χ0v) is 12.3. The van der Waals surface area contributed by atoms with Gasteiger partial charge in [-0.3, -0.25) is 4.79 Å². The highest BCUT2D eigenvalue weighted by Crippen LogP contribution is 2.22. The van der Waals surface area contributed by atoms with Crippen LogP contribution in [-0.2, 0) is 0 Å². The number of nitrogens with two attached hydrogens (primary N) is 1. The van der Waals surface area contributed by atoms with E-state index < -0.39 is 0 Å². The summed E-state index contributed by atoms with van der Waals surface area (Å²) in [6.07, 6.45) is 4.19. The maximum absolute atomic E-state index is 12.2. The van der Waals surface area contributed by atoms with Gasteiger partial charge in [0.15, 0.2) is 0 Å². The Morgan fingerprint density at radius 3 is 2.83 bits per heavy atom. The molecule has 0 bridgehead atoms. The predicted octanol–water partition coefficient (Wildman–Crippen LogP) is 3.10. The fourth-order valence-corrected chi connectivity index (χ4v) is 2.86. The van der Waals surface area contributed by atoms with Crippen molar-refractivity contribution >= 4 is 33.4 Å². The number of hydrogen-bond acceptors (Lipinski definition) is 2. The van der Waals surface area contributed by atoms with Crippen LogP contribution in [0.1, 0.15) is 36.0 Å². The highest BCUT2D eigenvalue weighted by Gasteiger charge is 2.24. The van der Waals surface area contributed by atoms with Crippen LogP contribution in [0.3, 0.4) is 0 Å².